The summed E-state index contributed by atoms with van der Waals surface area (Å²) in [5, 5.41) is 0. The van der Waals surface area contributed by atoms with Crippen LogP contribution in [0.15, 0.2) is 48.5 Å². The monoisotopic (exact) mass is 265 g/mol. The van der Waals surface area contributed by atoms with Crippen LogP contribution in [-0.4, -0.2) is 21.9 Å². The molecule has 0 saturated heterocycles. The fraction of sp³-hybridized carbons (Fsp3) is 0.235. The van der Waals surface area contributed by atoms with Crippen LogP contribution in [0.1, 0.15) is 17.0 Å². The van der Waals surface area contributed by atoms with Crippen molar-refractivity contribution in [1.29, 1.82) is 0 Å². The van der Waals surface area contributed by atoms with Crippen LogP contribution in [0.2, 0.25) is 0 Å². The van der Waals surface area contributed by atoms with Gasteiger partial charge < -0.3 is 4.98 Å². The Morgan fingerprint density at radius 2 is 1.80 bits per heavy atom. The maximum Gasteiger partial charge on any atom is 0.104 e. The summed E-state index contributed by atoms with van der Waals surface area (Å²) in [7, 11) is 2.14. The molecule has 0 radical (unpaired) electrons. The molecule has 0 spiro atoms. The van der Waals surface area contributed by atoms with E-state index in [0.717, 1.165) is 29.9 Å². The molecule has 0 fully saturated rings. The predicted octanol–water partition coefficient (Wildman–Crippen LogP) is 3.50. The minimum Gasteiger partial charge on any atom is -0.342 e. The lowest BCUT2D eigenvalue weighted by atomic mass is 10.1. The third-order valence-electron chi connectivity index (χ3n) is 3.45. The SMILES string of the molecule is Cc1nc2c(CN(C)Cc3ccccc3)cccc2[nH]1. The summed E-state index contributed by atoms with van der Waals surface area (Å²) in [4.78, 5) is 10.2. The molecule has 3 nitrogen and oxygen atoms in total. The lowest BCUT2D eigenvalue weighted by Gasteiger charge is -2.17. The van der Waals surface area contributed by atoms with Crippen LogP contribution < -0.4 is 0 Å². The Balaban J connectivity index is 1.79. The highest BCUT2D eigenvalue weighted by molar-refractivity contribution is 5.78. The van der Waals surface area contributed by atoms with E-state index >= 15 is 0 Å². The van der Waals surface area contributed by atoms with Gasteiger partial charge in [0, 0.05) is 13.1 Å². The number of nitrogens with zero attached hydrogens (tertiary/aromatic N) is 2. The number of benzene rings is 2. The van der Waals surface area contributed by atoms with Crippen molar-refractivity contribution in [3.63, 3.8) is 0 Å². The third kappa shape index (κ3) is 2.73. The molecule has 102 valence electrons. The zero-order valence-electron chi connectivity index (χ0n) is 11.9. The van der Waals surface area contributed by atoms with Crippen molar-refractivity contribution in [1.82, 2.24) is 14.9 Å². The minimum absolute atomic E-state index is 0.899. The summed E-state index contributed by atoms with van der Waals surface area (Å²) < 4.78 is 0. The summed E-state index contributed by atoms with van der Waals surface area (Å²) in [6.45, 7) is 3.84. The Kier molecular flexibility index (Phi) is 3.52. The third-order valence-corrected chi connectivity index (χ3v) is 3.45. The highest BCUT2D eigenvalue weighted by Gasteiger charge is 2.08. The molecule has 0 aliphatic heterocycles. The second kappa shape index (κ2) is 5.47. The van der Waals surface area contributed by atoms with Gasteiger partial charge in [0.25, 0.3) is 0 Å². The number of para-hydroxylation sites is 1. The molecule has 2 aromatic carbocycles. The van der Waals surface area contributed by atoms with Gasteiger partial charge in [-0.05, 0) is 31.2 Å². The molecule has 1 N–H and O–H groups in total. The smallest absolute Gasteiger partial charge is 0.104 e. The van der Waals surface area contributed by atoms with Gasteiger partial charge in [0.1, 0.15) is 5.82 Å². The summed E-state index contributed by atoms with van der Waals surface area (Å²) in [5.41, 5.74) is 4.81. The molecule has 1 aromatic heterocycles. The standard InChI is InChI=1S/C17H19N3/c1-13-18-16-10-6-9-15(17(16)19-13)12-20(2)11-14-7-4-3-5-8-14/h3-10H,11-12H2,1-2H3,(H,18,19). The fourth-order valence-electron chi connectivity index (χ4n) is 2.58. The van der Waals surface area contributed by atoms with Crippen LogP contribution >= 0.6 is 0 Å². The van der Waals surface area contributed by atoms with Crippen LogP contribution in [-0.2, 0) is 13.1 Å². The second-order valence-corrected chi connectivity index (χ2v) is 5.29. The van der Waals surface area contributed by atoms with Gasteiger partial charge in [-0.2, -0.15) is 0 Å². The van der Waals surface area contributed by atoms with Crippen molar-refractivity contribution in [2.45, 2.75) is 20.0 Å². The van der Waals surface area contributed by atoms with E-state index in [0.29, 0.717) is 0 Å². The number of imidazole rings is 1. The van der Waals surface area contributed by atoms with E-state index in [4.69, 9.17) is 0 Å². The zero-order valence-corrected chi connectivity index (χ0v) is 11.9. The Morgan fingerprint density at radius 3 is 2.60 bits per heavy atom. The van der Waals surface area contributed by atoms with E-state index in [9.17, 15) is 0 Å². The number of aryl methyl sites for hydroxylation is 1. The first-order valence-electron chi connectivity index (χ1n) is 6.89. The highest BCUT2D eigenvalue weighted by Crippen LogP contribution is 2.18. The van der Waals surface area contributed by atoms with E-state index in [1.807, 2.05) is 6.92 Å². The van der Waals surface area contributed by atoms with Crippen LogP contribution in [0.25, 0.3) is 11.0 Å². The van der Waals surface area contributed by atoms with Crippen molar-refractivity contribution >= 4 is 11.0 Å². The van der Waals surface area contributed by atoms with Gasteiger partial charge in [-0.15, -0.1) is 0 Å². The first kappa shape index (κ1) is 12.9. The van der Waals surface area contributed by atoms with Gasteiger partial charge in [0.15, 0.2) is 0 Å². The molecular weight excluding hydrogens is 246 g/mol. The molecular formula is C17H19N3. The predicted molar refractivity (Wildman–Crippen MR) is 82.4 cm³/mol. The number of rotatable bonds is 4. The summed E-state index contributed by atoms with van der Waals surface area (Å²) >= 11 is 0. The van der Waals surface area contributed by atoms with Gasteiger partial charge in [0.05, 0.1) is 11.0 Å². The molecule has 3 heteroatoms. The molecule has 3 rings (SSSR count). The topological polar surface area (TPSA) is 31.9 Å². The van der Waals surface area contributed by atoms with Crippen molar-refractivity contribution in [3.05, 3.63) is 65.5 Å². The molecule has 0 aliphatic rings. The Bertz CT molecular complexity index is 701. The van der Waals surface area contributed by atoms with Crippen molar-refractivity contribution in [3.8, 4) is 0 Å². The fourth-order valence-corrected chi connectivity index (χ4v) is 2.58. The molecule has 0 bridgehead atoms. The Morgan fingerprint density at radius 1 is 1.00 bits per heavy atom. The van der Waals surface area contributed by atoms with E-state index < -0.39 is 0 Å². The number of H-pyrrole nitrogens is 1. The van der Waals surface area contributed by atoms with Gasteiger partial charge >= 0.3 is 0 Å². The van der Waals surface area contributed by atoms with Crippen molar-refractivity contribution in [2.24, 2.45) is 0 Å². The molecule has 0 amide bonds. The van der Waals surface area contributed by atoms with Crippen molar-refractivity contribution < 1.29 is 0 Å². The Labute approximate surface area is 119 Å². The van der Waals surface area contributed by atoms with E-state index in [1.165, 1.54) is 11.1 Å². The van der Waals surface area contributed by atoms with Gasteiger partial charge in [-0.1, -0.05) is 42.5 Å². The van der Waals surface area contributed by atoms with Crippen molar-refractivity contribution in [2.75, 3.05) is 7.05 Å². The molecule has 1 heterocycles. The first-order chi connectivity index (χ1) is 9.72. The summed E-state index contributed by atoms with van der Waals surface area (Å²) in [6, 6.07) is 16.9. The number of hydrogen-bond acceptors (Lipinski definition) is 2. The zero-order chi connectivity index (χ0) is 13.9. The lowest BCUT2D eigenvalue weighted by Crippen LogP contribution is -2.17. The molecule has 20 heavy (non-hydrogen) atoms. The molecule has 3 aromatic rings. The van der Waals surface area contributed by atoms with Crippen LogP contribution in [0, 0.1) is 6.92 Å². The molecule has 0 atom stereocenters. The maximum atomic E-state index is 4.59. The average molecular weight is 265 g/mol. The molecule has 0 saturated carbocycles. The second-order valence-electron chi connectivity index (χ2n) is 5.29. The van der Waals surface area contributed by atoms with Crippen LogP contribution in [0.3, 0.4) is 0 Å². The van der Waals surface area contributed by atoms with Gasteiger partial charge in [-0.3, -0.25) is 4.90 Å². The number of nitrogens with one attached hydrogen (secondary N) is 1. The largest absolute Gasteiger partial charge is 0.342 e. The van der Waals surface area contributed by atoms with Crippen LogP contribution in [0.4, 0.5) is 0 Å². The molecule has 0 aliphatic carbocycles. The van der Waals surface area contributed by atoms with Crippen LogP contribution in [0.5, 0.6) is 0 Å². The first-order valence-corrected chi connectivity index (χ1v) is 6.89. The minimum atomic E-state index is 0.899. The maximum absolute atomic E-state index is 4.59. The summed E-state index contributed by atoms with van der Waals surface area (Å²) in [6.07, 6.45) is 0. The quantitative estimate of drug-likeness (QED) is 0.783. The number of aromatic nitrogens is 2. The van der Waals surface area contributed by atoms with Gasteiger partial charge in [-0.25, -0.2) is 4.98 Å². The van der Waals surface area contributed by atoms with E-state index in [-0.39, 0.29) is 0 Å². The molecule has 0 unspecified atom stereocenters. The Hall–Kier alpha value is -2.13. The van der Waals surface area contributed by atoms with Gasteiger partial charge in [0.2, 0.25) is 0 Å². The average Bonchev–Trinajstić information content (AvgIpc) is 2.81. The number of fused-ring (bicyclic) bond motifs is 1. The summed E-state index contributed by atoms with van der Waals surface area (Å²) in [5.74, 6) is 0.971. The van der Waals surface area contributed by atoms with E-state index in [2.05, 4.69) is 70.4 Å². The normalized spacial score (nSPS) is 11.3. The lowest BCUT2D eigenvalue weighted by molar-refractivity contribution is 0.320. The number of aromatic amines is 1. The van der Waals surface area contributed by atoms with E-state index in [1.54, 1.807) is 0 Å². The highest BCUT2D eigenvalue weighted by atomic mass is 15.1. The number of hydrogen-bond donors (Lipinski definition) is 1.